The van der Waals surface area contributed by atoms with Crippen LogP contribution in [0, 0.1) is 6.92 Å². The van der Waals surface area contributed by atoms with Crippen LogP contribution in [-0.4, -0.2) is 17.5 Å². The molecule has 1 N–H and O–H groups in total. The largest absolute Gasteiger partial charge is 0.494 e. The molecule has 0 bridgehead atoms. The summed E-state index contributed by atoms with van der Waals surface area (Å²) in [5.74, 6) is 1.46. The summed E-state index contributed by atoms with van der Waals surface area (Å²) in [4.78, 5) is 16.6. The summed E-state index contributed by atoms with van der Waals surface area (Å²) >= 11 is 0. The highest BCUT2D eigenvalue weighted by molar-refractivity contribution is 6.02. The molecule has 5 nitrogen and oxygen atoms in total. The van der Waals surface area contributed by atoms with Gasteiger partial charge in [-0.1, -0.05) is 43.3 Å². The molecule has 0 aliphatic rings. The van der Waals surface area contributed by atoms with Gasteiger partial charge in [-0.05, 0) is 60.4 Å². The molecule has 0 aliphatic heterocycles. The van der Waals surface area contributed by atoms with Crippen molar-refractivity contribution in [3.63, 3.8) is 0 Å². The van der Waals surface area contributed by atoms with Gasteiger partial charge in [0.15, 0.2) is 11.6 Å². The smallest absolute Gasteiger partial charge is 0.249 e. The molecule has 0 saturated heterocycles. The van der Waals surface area contributed by atoms with E-state index in [0.717, 1.165) is 28.9 Å². The topological polar surface area (TPSA) is 60.5 Å². The first-order valence-electron chi connectivity index (χ1n) is 10.00. The van der Waals surface area contributed by atoms with E-state index in [0.29, 0.717) is 24.8 Å². The van der Waals surface area contributed by atoms with Crippen molar-refractivity contribution < 1.29 is 14.3 Å². The Kier molecular flexibility index (Phi) is 7.61. The Morgan fingerprint density at radius 1 is 1.03 bits per heavy atom. The number of hydrogen-bond acceptors (Lipinski definition) is 4. The molecule has 0 saturated carbocycles. The van der Waals surface area contributed by atoms with Crippen molar-refractivity contribution in [2.75, 3.05) is 11.9 Å². The van der Waals surface area contributed by atoms with Gasteiger partial charge in [0.05, 0.1) is 6.61 Å². The number of benzene rings is 2. The number of anilines is 1. The summed E-state index contributed by atoms with van der Waals surface area (Å²) in [7, 11) is 0. The van der Waals surface area contributed by atoms with Crippen LogP contribution in [0.2, 0.25) is 0 Å². The highest BCUT2D eigenvalue weighted by atomic mass is 16.5. The highest BCUT2D eigenvalue weighted by Crippen LogP contribution is 2.23. The second kappa shape index (κ2) is 10.8. The van der Waals surface area contributed by atoms with Crippen LogP contribution in [0.5, 0.6) is 11.5 Å². The molecule has 0 spiro atoms. The van der Waals surface area contributed by atoms with Gasteiger partial charge in [0, 0.05) is 12.3 Å². The Hall–Kier alpha value is -3.60. The van der Waals surface area contributed by atoms with Gasteiger partial charge in [-0.15, -0.1) is 0 Å². The number of ether oxygens (including phenoxy) is 2. The molecule has 0 radical (unpaired) electrons. The minimum Gasteiger partial charge on any atom is -0.494 e. The number of nitrogens with zero attached hydrogens (tertiary/aromatic N) is 1. The van der Waals surface area contributed by atoms with Crippen molar-refractivity contribution in [2.45, 2.75) is 26.9 Å². The number of hydrogen-bond donors (Lipinski definition) is 1. The molecule has 1 heterocycles. The van der Waals surface area contributed by atoms with Crippen molar-refractivity contribution in [1.29, 1.82) is 0 Å². The molecule has 3 aromatic rings. The summed E-state index contributed by atoms with van der Waals surface area (Å²) in [6.07, 6.45) is 5.80. The van der Waals surface area contributed by atoms with Gasteiger partial charge >= 0.3 is 0 Å². The summed E-state index contributed by atoms with van der Waals surface area (Å²) in [6, 6.07) is 19.2. The predicted molar refractivity (Wildman–Crippen MR) is 120 cm³/mol. The van der Waals surface area contributed by atoms with Gasteiger partial charge in [-0.2, -0.15) is 0 Å². The van der Waals surface area contributed by atoms with Crippen LogP contribution in [-0.2, 0) is 11.4 Å². The normalized spacial score (nSPS) is 10.7. The predicted octanol–water partition coefficient (Wildman–Crippen LogP) is 5.41. The lowest BCUT2D eigenvalue weighted by Crippen LogP contribution is -2.11. The Morgan fingerprint density at radius 2 is 1.83 bits per heavy atom. The molecule has 3 rings (SSSR count). The maximum Gasteiger partial charge on any atom is 0.249 e. The van der Waals surface area contributed by atoms with E-state index in [9.17, 15) is 4.79 Å². The fourth-order valence-electron chi connectivity index (χ4n) is 2.75. The average molecular weight is 402 g/mol. The third-order valence-corrected chi connectivity index (χ3v) is 4.44. The van der Waals surface area contributed by atoms with Crippen molar-refractivity contribution >= 4 is 17.8 Å². The van der Waals surface area contributed by atoms with E-state index in [1.54, 1.807) is 24.4 Å². The van der Waals surface area contributed by atoms with Crippen LogP contribution in [0.25, 0.3) is 6.08 Å². The van der Waals surface area contributed by atoms with Crippen molar-refractivity contribution in [3.8, 4) is 11.5 Å². The second-order valence-corrected chi connectivity index (χ2v) is 6.81. The summed E-state index contributed by atoms with van der Waals surface area (Å²) in [6.45, 7) is 5.20. The number of rotatable bonds is 9. The maximum absolute atomic E-state index is 12.4. The molecule has 0 atom stereocenters. The van der Waals surface area contributed by atoms with E-state index in [1.807, 2.05) is 55.5 Å². The SMILES string of the molecule is CCCOc1ccc(/C=C/C(=O)Nc2ncccc2OCc2ccccc2C)cc1. The van der Waals surface area contributed by atoms with Gasteiger partial charge in [0.2, 0.25) is 5.91 Å². The van der Waals surface area contributed by atoms with E-state index in [2.05, 4.69) is 17.2 Å². The lowest BCUT2D eigenvalue weighted by molar-refractivity contribution is -0.111. The molecular weight excluding hydrogens is 376 g/mol. The molecule has 2 aromatic carbocycles. The number of aryl methyl sites for hydroxylation is 1. The first kappa shape index (κ1) is 21.1. The van der Waals surface area contributed by atoms with Crippen LogP contribution >= 0.6 is 0 Å². The molecule has 0 fully saturated rings. The zero-order valence-electron chi connectivity index (χ0n) is 17.3. The van der Waals surface area contributed by atoms with E-state index in [1.165, 1.54) is 6.08 Å². The third-order valence-electron chi connectivity index (χ3n) is 4.44. The zero-order chi connectivity index (χ0) is 21.2. The zero-order valence-corrected chi connectivity index (χ0v) is 17.3. The molecule has 154 valence electrons. The van der Waals surface area contributed by atoms with Gasteiger partial charge < -0.3 is 14.8 Å². The van der Waals surface area contributed by atoms with Gasteiger partial charge in [0.25, 0.3) is 0 Å². The number of carbonyl (C=O) groups excluding carboxylic acids is 1. The van der Waals surface area contributed by atoms with Crippen molar-refractivity contribution in [2.24, 2.45) is 0 Å². The fraction of sp³-hybridized carbons (Fsp3) is 0.200. The number of aromatic nitrogens is 1. The Labute approximate surface area is 177 Å². The average Bonchev–Trinajstić information content (AvgIpc) is 2.77. The molecule has 1 aromatic heterocycles. The Bertz CT molecular complexity index is 997. The van der Waals surface area contributed by atoms with Crippen LogP contribution < -0.4 is 14.8 Å². The van der Waals surface area contributed by atoms with Crippen LogP contribution in [0.3, 0.4) is 0 Å². The van der Waals surface area contributed by atoms with Gasteiger partial charge in [-0.25, -0.2) is 4.98 Å². The quantitative estimate of drug-likeness (QED) is 0.486. The Morgan fingerprint density at radius 3 is 2.60 bits per heavy atom. The minimum absolute atomic E-state index is 0.277. The van der Waals surface area contributed by atoms with Crippen molar-refractivity contribution in [1.82, 2.24) is 4.98 Å². The first-order chi connectivity index (χ1) is 14.7. The monoisotopic (exact) mass is 402 g/mol. The number of amides is 1. The van der Waals surface area contributed by atoms with Gasteiger partial charge in [-0.3, -0.25) is 4.79 Å². The summed E-state index contributed by atoms with van der Waals surface area (Å²) < 4.78 is 11.5. The van der Waals surface area contributed by atoms with E-state index >= 15 is 0 Å². The molecule has 0 unspecified atom stereocenters. The standard InChI is InChI=1S/C25H26N2O3/c1-3-17-29-22-13-10-20(11-14-22)12-15-24(28)27-25-23(9-6-16-26-25)30-18-21-8-5-4-7-19(21)2/h4-16H,3,17-18H2,1-2H3,(H,26,27,28)/b15-12+. The molecule has 30 heavy (non-hydrogen) atoms. The third kappa shape index (κ3) is 6.21. The fourth-order valence-corrected chi connectivity index (χ4v) is 2.75. The number of nitrogens with one attached hydrogen (secondary N) is 1. The first-order valence-corrected chi connectivity index (χ1v) is 10.00. The maximum atomic E-state index is 12.4. The summed E-state index contributed by atoms with van der Waals surface area (Å²) in [5.41, 5.74) is 3.15. The van der Waals surface area contributed by atoms with Crippen LogP contribution in [0.15, 0.2) is 72.9 Å². The van der Waals surface area contributed by atoms with Crippen LogP contribution in [0.4, 0.5) is 5.82 Å². The Balaban J connectivity index is 1.60. The highest BCUT2D eigenvalue weighted by Gasteiger charge is 2.08. The van der Waals surface area contributed by atoms with E-state index < -0.39 is 0 Å². The number of carbonyl (C=O) groups is 1. The van der Waals surface area contributed by atoms with Gasteiger partial charge in [0.1, 0.15) is 12.4 Å². The molecular formula is C25H26N2O3. The second-order valence-electron chi connectivity index (χ2n) is 6.81. The van der Waals surface area contributed by atoms with Crippen LogP contribution in [0.1, 0.15) is 30.0 Å². The molecule has 5 heteroatoms. The summed E-state index contributed by atoms with van der Waals surface area (Å²) in [5, 5.41) is 2.78. The van der Waals surface area contributed by atoms with Crippen molar-refractivity contribution in [3.05, 3.63) is 89.6 Å². The minimum atomic E-state index is -0.277. The molecule has 0 aliphatic carbocycles. The lowest BCUT2D eigenvalue weighted by atomic mass is 10.1. The van der Waals surface area contributed by atoms with E-state index in [4.69, 9.17) is 9.47 Å². The lowest BCUT2D eigenvalue weighted by Gasteiger charge is -2.12. The number of pyridine rings is 1. The van der Waals surface area contributed by atoms with E-state index in [-0.39, 0.29) is 5.91 Å². The molecule has 1 amide bonds.